The van der Waals surface area contributed by atoms with Crippen LogP contribution in [0.5, 0.6) is 0 Å². The van der Waals surface area contributed by atoms with Crippen molar-refractivity contribution in [2.24, 2.45) is 16.8 Å². The minimum absolute atomic E-state index is 0.0418. The molecule has 0 amide bonds. The van der Waals surface area contributed by atoms with Crippen LogP contribution in [0.2, 0.25) is 0 Å². The number of amidine groups is 1. The molecule has 0 aliphatic carbocycles. The van der Waals surface area contributed by atoms with Crippen molar-refractivity contribution in [3.8, 4) is 0 Å². The summed E-state index contributed by atoms with van der Waals surface area (Å²) >= 11 is 1.54. The van der Waals surface area contributed by atoms with E-state index in [1.807, 2.05) is 6.92 Å². The Kier molecular flexibility index (Phi) is 3.63. The Balaban J connectivity index is 2.35. The molecule has 1 aromatic rings. The number of nitrogens with two attached hydrogens (primary N) is 1. The molecule has 0 bridgehead atoms. The number of thioether (sulfide) groups is 1. The maximum absolute atomic E-state index is 8.39. The van der Waals surface area contributed by atoms with Crippen LogP contribution in [-0.2, 0) is 0 Å². The van der Waals surface area contributed by atoms with Gasteiger partial charge in [0.25, 0.3) is 0 Å². The lowest BCUT2D eigenvalue weighted by Gasteiger charge is -2.06. The molecule has 5 nitrogen and oxygen atoms in total. The van der Waals surface area contributed by atoms with Gasteiger partial charge < -0.3 is 15.9 Å². The first-order valence-electron chi connectivity index (χ1n) is 3.83. The van der Waals surface area contributed by atoms with Gasteiger partial charge in [-0.25, -0.2) is 4.98 Å². The molecule has 0 saturated carbocycles. The van der Waals surface area contributed by atoms with E-state index in [0.29, 0.717) is 0 Å². The van der Waals surface area contributed by atoms with E-state index in [9.17, 15) is 0 Å². The minimum atomic E-state index is 0.0418. The number of aromatic amines is 1. The van der Waals surface area contributed by atoms with Crippen molar-refractivity contribution in [3.63, 3.8) is 0 Å². The van der Waals surface area contributed by atoms with Gasteiger partial charge in [0.1, 0.15) is 5.84 Å². The topological polar surface area (TPSA) is 87.3 Å². The number of imidazole rings is 1. The zero-order valence-electron chi connectivity index (χ0n) is 7.27. The van der Waals surface area contributed by atoms with Gasteiger partial charge in [0, 0.05) is 24.1 Å². The Bertz CT molecular complexity index is 272. The summed E-state index contributed by atoms with van der Waals surface area (Å²) in [5.41, 5.74) is 5.41. The van der Waals surface area contributed by atoms with Crippen LogP contribution in [0.25, 0.3) is 0 Å². The summed E-state index contributed by atoms with van der Waals surface area (Å²) in [4.78, 5) is 7.00. The lowest BCUT2D eigenvalue weighted by molar-refractivity contribution is 0.315. The van der Waals surface area contributed by atoms with Crippen LogP contribution in [0.15, 0.2) is 22.7 Å². The first-order chi connectivity index (χ1) is 6.24. The van der Waals surface area contributed by atoms with Gasteiger partial charge >= 0.3 is 0 Å². The fraction of sp³-hybridized carbons (Fsp3) is 0.429. The molecule has 4 N–H and O–H groups in total. The van der Waals surface area contributed by atoms with E-state index in [1.54, 1.807) is 24.2 Å². The van der Waals surface area contributed by atoms with Crippen LogP contribution in [0.3, 0.4) is 0 Å². The molecular formula is C7H12N4OS. The largest absolute Gasteiger partial charge is 0.409 e. The lowest BCUT2D eigenvalue weighted by Crippen LogP contribution is -2.22. The Morgan fingerprint density at radius 2 is 2.69 bits per heavy atom. The highest BCUT2D eigenvalue weighted by atomic mass is 32.2. The molecule has 1 unspecified atom stereocenters. The fourth-order valence-corrected chi connectivity index (χ4v) is 1.58. The molecule has 0 aliphatic heterocycles. The van der Waals surface area contributed by atoms with Crippen molar-refractivity contribution < 1.29 is 5.21 Å². The molecule has 6 heteroatoms. The second-order valence-corrected chi connectivity index (χ2v) is 3.64. The Morgan fingerprint density at radius 3 is 3.23 bits per heavy atom. The molecule has 0 radical (unpaired) electrons. The summed E-state index contributed by atoms with van der Waals surface area (Å²) < 4.78 is 0. The second-order valence-electron chi connectivity index (χ2n) is 2.63. The van der Waals surface area contributed by atoms with E-state index in [2.05, 4.69) is 15.1 Å². The number of rotatable bonds is 4. The van der Waals surface area contributed by atoms with Crippen molar-refractivity contribution in [1.29, 1.82) is 0 Å². The second kappa shape index (κ2) is 4.76. The number of nitrogens with one attached hydrogen (secondary N) is 1. The highest BCUT2D eigenvalue weighted by molar-refractivity contribution is 7.99. The molecule has 0 saturated heterocycles. The van der Waals surface area contributed by atoms with Gasteiger partial charge in [-0.3, -0.25) is 0 Å². The highest BCUT2D eigenvalue weighted by Crippen LogP contribution is 2.15. The fourth-order valence-electron chi connectivity index (χ4n) is 0.718. The maximum atomic E-state index is 8.39. The summed E-state index contributed by atoms with van der Waals surface area (Å²) in [6, 6.07) is 0. The van der Waals surface area contributed by atoms with Crippen LogP contribution in [0.4, 0.5) is 0 Å². The van der Waals surface area contributed by atoms with Crippen LogP contribution in [0, 0.1) is 5.92 Å². The Labute approximate surface area is 80.4 Å². The number of hydrogen-bond acceptors (Lipinski definition) is 4. The first-order valence-corrected chi connectivity index (χ1v) is 4.82. The SMILES string of the molecule is CC(CSc1ncc[nH]1)/C(N)=N/O. The van der Waals surface area contributed by atoms with Gasteiger partial charge in [-0.1, -0.05) is 23.8 Å². The van der Waals surface area contributed by atoms with Gasteiger partial charge in [0.05, 0.1) is 0 Å². The van der Waals surface area contributed by atoms with E-state index in [-0.39, 0.29) is 11.8 Å². The normalized spacial score (nSPS) is 14.4. The quantitative estimate of drug-likeness (QED) is 0.221. The third-order valence-electron chi connectivity index (χ3n) is 1.56. The van der Waals surface area contributed by atoms with Crippen LogP contribution in [-0.4, -0.2) is 26.8 Å². The Hall–Kier alpha value is -1.17. The van der Waals surface area contributed by atoms with Gasteiger partial charge in [-0.15, -0.1) is 0 Å². The highest BCUT2D eigenvalue weighted by Gasteiger charge is 2.08. The smallest absolute Gasteiger partial charge is 0.165 e. The van der Waals surface area contributed by atoms with Crippen LogP contribution in [0.1, 0.15) is 6.92 Å². The standard InChI is InChI=1S/C7H12N4OS/c1-5(6(8)11-12)4-13-7-9-2-3-10-7/h2-3,5,12H,4H2,1H3,(H2,8,11)(H,9,10). The number of oxime groups is 1. The van der Waals surface area contributed by atoms with E-state index in [0.717, 1.165) is 10.9 Å². The van der Waals surface area contributed by atoms with Gasteiger partial charge in [0.15, 0.2) is 5.16 Å². The van der Waals surface area contributed by atoms with E-state index < -0.39 is 0 Å². The summed E-state index contributed by atoms with van der Waals surface area (Å²) in [5, 5.41) is 12.2. The molecule has 1 rings (SSSR count). The minimum Gasteiger partial charge on any atom is -0.409 e. The summed E-state index contributed by atoms with van der Waals surface area (Å²) in [7, 11) is 0. The molecule has 72 valence electrons. The third-order valence-corrected chi connectivity index (χ3v) is 2.73. The average molecular weight is 200 g/mol. The van der Waals surface area contributed by atoms with Crippen molar-refractivity contribution in [1.82, 2.24) is 9.97 Å². The Morgan fingerprint density at radius 1 is 1.92 bits per heavy atom. The van der Waals surface area contributed by atoms with Gasteiger partial charge in [-0.2, -0.15) is 0 Å². The predicted octanol–water partition coefficient (Wildman–Crippen LogP) is 0.884. The molecule has 0 fully saturated rings. The molecule has 0 aliphatic rings. The zero-order valence-corrected chi connectivity index (χ0v) is 8.08. The molecule has 13 heavy (non-hydrogen) atoms. The van der Waals surface area contributed by atoms with Crippen molar-refractivity contribution in [2.45, 2.75) is 12.1 Å². The van der Waals surface area contributed by atoms with Gasteiger partial charge in [-0.05, 0) is 0 Å². The van der Waals surface area contributed by atoms with Crippen molar-refractivity contribution in [3.05, 3.63) is 12.4 Å². The van der Waals surface area contributed by atoms with E-state index in [1.165, 1.54) is 0 Å². The van der Waals surface area contributed by atoms with Gasteiger partial charge in [0.2, 0.25) is 0 Å². The molecule has 1 aromatic heterocycles. The number of aromatic nitrogens is 2. The lowest BCUT2D eigenvalue weighted by atomic mass is 10.2. The average Bonchev–Trinajstić information content (AvgIpc) is 2.65. The number of nitrogens with zero attached hydrogens (tertiary/aromatic N) is 2. The number of H-pyrrole nitrogens is 1. The van der Waals surface area contributed by atoms with Crippen molar-refractivity contribution in [2.75, 3.05) is 5.75 Å². The number of hydrogen-bond donors (Lipinski definition) is 3. The molecule has 1 atom stereocenters. The first kappa shape index (κ1) is 9.91. The monoisotopic (exact) mass is 200 g/mol. The molecule has 1 heterocycles. The van der Waals surface area contributed by atoms with Crippen molar-refractivity contribution >= 4 is 17.6 Å². The van der Waals surface area contributed by atoms with E-state index in [4.69, 9.17) is 10.9 Å². The van der Waals surface area contributed by atoms with Crippen LogP contribution < -0.4 is 5.73 Å². The van der Waals surface area contributed by atoms with Crippen LogP contribution >= 0.6 is 11.8 Å². The maximum Gasteiger partial charge on any atom is 0.165 e. The third kappa shape index (κ3) is 2.98. The zero-order chi connectivity index (χ0) is 9.68. The summed E-state index contributed by atoms with van der Waals surface area (Å²) in [6.45, 7) is 1.89. The molecule has 0 aromatic carbocycles. The van der Waals surface area contributed by atoms with E-state index >= 15 is 0 Å². The summed E-state index contributed by atoms with van der Waals surface area (Å²) in [5.74, 6) is 1.03. The molecular weight excluding hydrogens is 188 g/mol. The predicted molar refractivity (Wildman–Crippen MR) is 51.9 cm³/mol. The summed E-state index contributed by atoms with van der Waals surface area (Å²) in [6.07, 6.45) is 3.45. The molecule has 0 spiro atoms.